The quantitative estimate of drug-likeness (QED) is 0.610. The van der Waals surface area contributed by atoms with Gasteiger partial charge in [-0.3, -0.25) is 0 Å². The van der Waals surface area contributed by atoms with Gasteiger partial charge in [0.25, 0.3) is 5.69 Å². The Morgan fingerprint density at radius 2 is 1.42 bits per heavy atom. The molecule has 26 heavy (non-hydrogen) atoms. The van der Waals surface area contributed by atoms with Gasteiger partial charge in [-0.25, -0.2) is 4.79 Å². The standard InChI is InChI=1S/C7H6N2O5.C7H8N2O3/c1-14-5-3-2-4(7(10)11)8-6(5)9(12)13;1-5-3-4-6(12-2)7(8-5)9(10)11/h2-3H,1H3,(H,10,11);3-4H,1-2H3. The Morgan fingerprint density at radius 1 is 0.962 bits per heavy atom. The minimum atomic E-state index is -1.32. The van der Waals surface area contributed by atoms with Crippen LogP contribution in [0.5, 0.6) is 11.5 Å². The predicted octanol–water partition coefficient (Wildman–Crippen LogP) is 2.00. The smallest absolute Gasteiger partial charge is 0.407 e. The molecule has 0 radical (unpaired) electrons. The summed E-state index contributed by atoms with van der Waals surface area (Å²) in [5.41, 5.74) is 0.208. The zero-order chi connectivity index (χ0) is 19.9. The lowest BCUT2D eigenvalue weighted by molar-refractivity contribution is -0.390. The van der Waals surface area contributed by atoms with Crippen molar-refractivity contribution in [2.45, 2.75) is 6.92 Å². The van der Waals surface area contributed by atoms with Crippen LogP contribution in [0, 0.1) is 27.2 Å². The van der Waals surface area contributed by atoms with Crippen LogP contribution in [0.3, 0.4) is 0 Å². The van der Waals surface area contributed by atoms with E-state index in [1.165, 1.54) is 26.4 Å². The second kappa shape index (κ2) is 8.86. The van der Waals surface area contributed by atoms with E-state index in [0.29, 0.717) is 5.69 Å². The van der Waals surface area contributed by atoms with Gasteiger partial charge >= 0.3 is 17.6 Å². The monoisotopic (exact) mass is 366 g/mol. The van der Waals surface area contributed by atoms with Gasteiger partial charge in [0.15, 0.2) is 0 Å². The Labute approximate surface area is 146 Å². The molecule has 0 bridgehead atoms. The minimum Gasteiger partial charge on any atom is -0.489 e. The second-order valence-electron chi connectivity index (χ2n) is 4.52. The van der Waals surface area contributed by atoms with Crippen LogP contribution < -0.4 is 9.47 Å². The lowest BCUT2D eigenvalue weighted by atomic mass is 10.3. The Morgan fingerprint density at radius 3 is 1.85 bits per heavy atom. The highest BCUT2D eigenvalue weighted by Crippen LogP contribution is 2.24. The summed E-state index contributed by atoms with van der Waals surface area (Å²) in [5.74, 6) is -2.05. The lowest BCUT2D eigenvalue weighted by Crippen LogP contribution is -2.04. The summed E-state index contributed by atoms with van der Waals surface area (Å²) in [4.78, 5) is 36.9. The molecule has 12 nitrogen and oxygen atoms in total. The van der Waals surface area contributed by atoms with Crippen LogP contribution >= 0.6 is 0 Å². The topological polar surface area (TPSA) is 168 Å². The number of aromatic nitrogens is 2. The molecule has 12 heteroatoms. The van der Waals surface area contributed by atoms with E-state index in [-0.39, 0.29) is 17.3 Å². The van der Waals surface area contributed by atoms with E-state index < -0.39 is 27.3 Å². The number of rotatable bonds is 5. The fraction of sp³-hybridized carbons (Fsp3) is 0.214. The molecular formula is C14H14N4O8. The molecule has 0 unspecified atom stereocenters. The number of ether oxygens (including phenoxy) is 2. The van der Waals surface area contributed by atoms with Gasteiger partial charge in [-0.2, -0.15) is 0 Å². The first-order valence-electron chi connectivity index (χ1n) is 6.80. The summed E-state index contributed by atoms with van der Waals surface area (Å²) in [6, 6.07) is 5.51. The van der Waals surface area contributed by atoms with Gasteiger partial charge in [0, 0.05) is 13.0 Å². The second-order valence-corrected chi connectivity index (χ2v) is 4.52. The normalized spacial score (nSPS) is 9.50. The number of hydrogen-bond acceptors (Lipinski definition) is 9. The molecule has 0 saturated heterocycles. The SMILES string of the molecule is COc1ccc(C(=O)O)nc1[N+](=O)[O-].COc1ccc(C)nc1[N+](=O)[O-]. The molecule has 0 aromatic carbocycles. The zero-order valence-electron chi connectivity index (χ0n) is 13.9. The molecule has 0 aliphatic heterocycles. The highest BCUT2D eigenvalue weighted by Gasteiger charge is 2.21. The molecule has 0 saturated carbocycles. The number of aryl methyl sites for hydroxylation is 1. The third-order valence-electron chi connectivity index (χ3n) is 2.82. The first-order valence-corrected chi connectivity index (χ1v) is 6.80. The molecule has 0 spiro atoms. The van der Waals surface area contributed by atoms with Crippen molar-refractivity contribution in [2.24, 2.45) is 0 Å². The van der Waals surface area contributed by atoms with Crippen LogP contribution in [-0.4, -0.2) is 45.1 Å². The zero-order valence-corrected chi connectivity index (χ0v) is 13.9. The molecule has 2 aromatic rings. The average molecular weight is 366 g/mol. The van der Waals surface area contributed by atoms with Crippen LogP contribution in [0.25, 0.3) is 0 Å². The van der Waals surface area contributed by atoms with Crippen molar-refractivity contribution < 1.29 is 29.2 Å². The van der Waals surface area contributed by atoms with Crippen molar-refractivity contribution in [2.75, 3.05) is 14.2 Å². The Hall–Kier alpha value is -3.83. The predicted molar refractivity (Wildman–Crippen MR) is 86.6 cm³/mol. The van der Waals surface area contributed by atoms with Crippen LogP contribution in [0.2, 0.25) is 0 Å². The Kier molecular flexibility index (Phi) is 6.89. The van der Waals surface area contributed by atoms with Gasteiger partial charge in [-0.05, 0) is 38.0 Å². The number of hydrogen-bond donors (Lipinski definition) is 1. The van der Waals surface area contributed by atoms with E-state index in [1.807, 2.05) is 0 Å². The Bertz CT molecular complexity index is 840. The number of carbonyl (C=O) groups is 1. The fourth-order valence-corrected chi connectivity index (χ4v) is 1.67. The molecule has 0 amide bonds. The van der Waals surface area contributed by atoms with Gasteiger partial charge in [-0.15, -0.1) is 0 Å². The molecule has 2 aromatic heterocycles. The summed E-state index contributed by atoms with van der Waals surface area (Å²) >= 11 is 0. The molecule has 0 fully saturated rings. The number of methoxy groups -OCH3 is 2. The average Bonchev–Trinajstić information content (AvgIpc) is 2.61. The van der Waals surface area contributed by atoms with E-state index in [1.54, 1.807) is 13.0 Å². The van der Waals surface area contributed by atoms with Crippen molar-refractivity contribution >= 4 is 17.6 Å². The third-order valence-corrected chi connectivity index (χ3v) is 2.82. The molecule has 2 rings (SSSR count). The van der Waals surface area contributed by atoms with Crippen LogP contribution in [0.1, 0.15) is 16.2 Å². The molecule has 2 heterocycles. The molecular weight excluding hydrogens is 352 g/mol. The molecule has 0 aliphatic carbocycles. The number of carboxylic acid groups (broad SMARTS) is 1. The highest BCUT2D eigenvalue weighted by atomic mass is 16.6. The highest BCUT2D eigenvalue weighted by molar-refractivity contribution is 5.85. The first-order chi connectivity index (χ1) is 12.2. The number of nitro groups is 2. The number of pyridine rings is 2. The molecule has 1 N–H and O–H groups in total. The van der Waals surface area contributed by atoms with E-state index in [0.717, 1.165) is 6.07 Å². The summed E-state index contributed by atoms with van der Waals surface area (Å²) < 4.78 is 9.40. The summed E-state index contributed by atoms with van der Waals surface area (Å²) in [6.45, 7) is 1.69. The van der Waals surface area contributed by atoms with Crippen molar-refractivity contribution in [1.82, 2.24) is 9.97 Å². The molecule has 0 atom stereocenters. The van der Waals surface area contributed by atoms with E-state index in [2.05, 4.69) is 14.7 Å². The molecule has 0 aliphatic rings. The Balaban J connectivity index is 0.000000263. The van der Waals surface area contributed by atoms with E-state index in [9.17, 15) is 25.0 Å². The minimum absolute atomic E-state index is 0.0694. The van der Waals surface area contributed by atoms with Crippen LogP contribution in [0.4, 0.5) is 11.6 Å². The first kappa shape index (κ1) is 20.2. The third kappa shape index (κ3) is 5.09. The maximum atomic E-state index is 10.4. The van der Waals surface area contributed by atoms with Crippen LogP contribution in [0.15, 0.2) is 24.3 Å². The van der Waals surface area contributed by atoms with Crippen molar-refractivity contribution in [1.29, 1.82) is 0 Å². The summed E-state index contributed by atoms with van der Waals surface area (Å²) in [6.07, 6.45) is 0. The van der Waals surface area contributed by atoms with Gasteiger partial charge < -0.3 is 34.8 Å². The van der Waals surface area contributed by atoms with Crippen molar-refractivity contribution in [3.63, 3.8) is 0 Å². The fourth-order valence-electron chi connectivity index (χ4n) is 1.67. The number of nitrogens with zero attached hydrogens (tertiary/aromatic N) is 4. The van der Waals surface area contributed by atoms with Gasteiger partial charge in [0.05, 0.1) is 14.2 Å². The summed E-state index contributed by atoms with van der Waals surface area (Å²) in [5, 5.41) is 29.4. The number of aromatic carboxylic acids is 1. The maximum Gasteiger partial charge on any atom is 0.407 e. The summed E-state index contributed by atoms with van der Waals surface area (Å²) in [7, 11) is 2.61. The molecule has 138 valence electrons. The van der Waals surface area contributed by atoms with Crippen molar-refractivity contribution in [3.8, 4) is 11.5 Å². The van der Waals surface area contributed by atoms with Gasteiger partial charge in [0.1, 0.15) is 5.69 Å². The van der Waals surface area contributed by atoms with Crippen molar-refractivity contribution in [3.05, 3.63) is 55.9 Å². The van der Waals surface area contributed by atoms with Gasteiger partial charge in [0.2, 0.25) is 11.5 Å². The maximum absolute atomic E-state index is 10.4. The van der Waals surface area contributed by atoms with Crippen LogP contribution in [-0.2, 0) is 0 Å². The van der Waals surface area contributed by atoms with Gasteiger partial charge in [-0.1, -0.05) is 0 Å². The number of carboxylic acids is 1. The lowest BCUT2D eigenvalue weighted by Gasteiger charge is -1.99. The van der Waals surface area contributed by atoms with E-state index >= 15 is 0 Å². The van der Waals surface area contributed by atoms with E-state index in [4.69, 9.17) is 9.84 Å². The largest absolute Gasteiger partial charge is 0.489 e.